The number of anilines is 1. The number of nitriles is 2. The van der Waals surface area contributed by atoms with Gasteiger partial charge in [-0.1, -0.05) is 23.7 Å². The lowest BCUT2D eigenvalue weighted by Gasteiger charge is -2.23. The van der Waals surface area contributed by atoms with Crippen molar-refractivity contribution in [3.05, 3.63) is 69.1 Å². The average molecular weight is 533 g/mol. The maximum atomic E-state index is 11.1. The van der Waals surface area contributed by atoms with Gasteiger partial charge in [-0.05, 0) is 55.3 Å². The van der Waals surface area contributed by atoms with Gasteiger partial charge in [-0.25, -0.2) is 0 Å². The van der Waals surface area contributed by atoms with Crippen LogP contribution in [0.5, 0.6) is 0 Å². The predicted octanol–water partition coefficient (Wildman–Crippen LogP) is 7.34. The van der Waals surface area contributed by atoms with Crippen molar-refractivity contribution in [1.29, 1.82) is 10.5 Å². The molecule has 0 amide bonds. The van der Waals surface area contributed by atoms with Crippen molar-refractivity contribution < 1.29 is 9.53 Å². The molecule has 2 aromatic carbocycles. The van der Waals surface area contributed by atoms with Gasteiger partial charge in [0.2, 0.25) is 0 Å². The minimum absolute atomic E-state index is 0.230. The third-order valence-electron chi connectivity index (χ3n) is 5.50. The summed E-state index contributed by atoms with van der Waals surface area (Å²) in [5.41, 5.74) is 4.76. The number of hydrogen-bond acceptors (Lipinski definition) is 9. The Bertz CT molecular complexity index is 1400. The number of aliphatic imine (C=N–C) groups is 1. The Kier molecular flexibility index (Phi) is 9.91. The van der Waals surface area contributed by atoms with E-state index in [4.69, 9.17) is 21.6 Å². The zero-order chi connectivity index (χ0) is 26.8. The monoisotopic (exact) mass is 532 g/mol. The first-order valence-corrected chi connectivity index (χ1v) is 12.6. The second kappa shape index (κ2) is 13.3. The van der Waals surface area contributed by atoms with Crippen molar-refractivity contribution in [1.82, 2.24) is 0 Å². The molecule has 0 fully saturated rings. The first kappa shape index (κ1) is 27.5. The molecule has 0 atom stereocenters. The standard InChI is InChI=1S/C27H25ClN6O2S/c1-18-6-4-7-24(19(18)2)31-17-25-26(28)23(16-30)27(37-25)33-32-21-8-10-22(11-9-21)34(13-5-12-29)14-15-36-20(3)35/h4,6-11,17H,5,13-15H2,1-3H3. The van der Waals surface area contributed by atoms with Crippen LogP contribution in [0.1, 0.15) is 34.9 Å². The van der Waals surface area contributed by atoms with Crippen LogP contribution in [0.2, 0.25) is 5.02 Å². The van der Waals surface area contributed by atoms with Gasteiger partial charge in [0.25, 0.3) is 0 Å². The van der Waals surface area contributed by atoms with Crippen LogP contribution in [0.3, 0.4) is 0 Å². The summed E-state index contributed by atoms with van der Waals surface area (Å²) in [4.78, 5) is 18.2. The number of nitrogens with zero attached hydrogens (tertiary/aromatic N) is 6. The van der Waals surface area contributed by atoms with E-state index < -0.39 is 0 Å². The summed E-state index contributed by atoms with van der Waals surface area (Å²) in [6, 6.07) is 17.4. The van der Waals surface area contributed by atoms with Gasteiger partial charge < -0.3 is 9.64 Å². The largest absolute Gasteiger partial charge is 0.464 e. The van der Waals surface area contributed by atoms with E-state index in [1.165, 1.54) is 18.3 Å². The second-order valence-electron chi connectivity index (χ2n) is 8.00. The molecule has 0 unspecified atom stereocenters. The Labute approximate surface area is 225 Å². The number of aryl methyl sites for hydroxylation is 1. The van der Waals surface area contributed by atoms with Gasteiger partial charge >= 0.3 is 5.97 Å². The lowest BCUT2D eigenvalue weighted by molar-refractivity contribution is -0.140. The number of benzene rings is 2. The molecule has 1 heterocycles. The molecule has 188 valence electrons. The van der Waals surface area contributed by atoms with Crippen molar-refractivity contribution >= 4 is 57.2 Å². The molecule has 3 aromatic rings. The number of hydrogen-bond donors (Lipinski definition) is 0. The highest BCUT2D eigenvalue weighted by Gasteiger charge is 2.16. The lowest BCUT2D eigenvalue weighted by Crippen LogP contribution is -2.28. The van der Waals surface area contributed by atoms with Crippen molar-refractivity contribution in [2.24, 2.45) is 15.2 Å². The van der Waals surface area contributed by atoms with Gasteiger partial charge in [-0.2, -0.15) is 10.5 Å². The van der Waals surface area contributed by atoms with E-state index in [-0.39, 0.29) is 18.1 Å². The van der Waals surface area contributed by atoms with E-state index in [9.17, 15) is 10.1 Å². The molecule has 0 aliphatic rings. The Morgan fingerprint density at radius 3 is 2.57 bits per heavy atom. The molecule has 1 aromatic heterocycles. The van der Waals surface area contributed by atoms with Gasteiger partial charge in [0.15, 0.2) is 5.00 Å². The summed E-state index contributed by atoms with van der Waals surface area (Å²) in [7, 11) is 0. The van der Waals surface area contributed by atoms with Gasteiger partial charge in [0.05, 0.1) is 40.3 Å². The van der Waals surface area contributed by atoms with E-state index in [1.54, 1.807) is 18.3 Å². The number of esters is 1. The molecule has 0 saturated heterocycles. The minimum atomic E-state index is -0.346. The highest BCUT2D eigenvalue weighted by Crippen LogP contribution is 2.39. The molecule has 37 heavy (non-hydrogen) atoms. The van der Waals surface area contributed by atoms with E-state index in [2.05, 4.69) is 27.4 Å². The number of azo groups is 1. The van der Waals surface area contributed by atoms with Crippen molar-refractivity contribution in [2.75, 3.05) is 24.6 Å². The molecule has 0 saturated carbocycles. The molecule has 0 N–H and O–H groups in total. The predicted molar refractivity (Wildman–Crippen MR) is 147 cm³/mol. The highest BCUT2D eigenvalue weighted by atomic mass is 35.5. The molecule has 0 spiro atoms. The molecular formula is C27H25ClN6O2S. The van der Waals surface area contributed by atoms with E-state index in [1.807, 2.05) is 49.1 Å². The van der Waals surface area contributed by atoms with Crippen LogP contribution in [0.15, 0.2) is 57.7 Å². The third kappa shape index (κ3) is 7.47. The third-order valence-corrected chi connectivity index (χ3v) is 7.01. The zero-order valence-corrected chi connectivity index (χ0v) is 22.3. The van der Waals surface area contributed by atoms with Crippen molar-refractivity contribution in [2.45, 2.75) is 27.2 Å². The number of ether oxygens (including phenoxy) is 1. The topological polar surface area (TPSA) is 114 Å². The van der Waals surface area contributed by atoms with Crippen molar-refractivity contribution in [3.8, 4) is 12.1 Å². The highest BCUT2D eigenvalue weighted by molar-refractivity contribution is 7.18. The van der Waals surface area contributed by atoms with Crippen LogP contribution >= 0.6 is 22.9 Å². The number of rotatable bonds is 10. The Balaban J connectivity index is 1.77. The van der Waals surface area contributed by atoms with Gasteiger partial charge in [0.1, 0.15) is 18.2 Å². The van der Waals surface area contributed by atoms with E-state index >= 15 is 0 Å². The Morgan fingerprint density at radius 2 is 1.89 bits per heavy atom. The van der Waals surface area contributed by atoms with Gasteiger partial charge in [0, 0.05) is 25.4 Å². The summed E-state index contributed by atoms with van der Waals surface area (Å²) in [5, 5.41) is 27.8. The quantitative estimate of drug-likeness (QED) is 0.154. The number of halogens is 1. The smallest absolute Gasteiger partial charge is 0.302 e. The van der Waals surface area contributed by atoms with Crippen molar-refractivity contribution in [3.63, 3.8) is 0 Å². The first-order valence-electron chi connectivity index (χ1n) is 11.4. The number of thiophene rings is 1. The fourth-order valence-electron chi connectivity index (χ4n) is 3.36. The summed E-state index contributed by atoms with van der Waals surface area (Å²) in [6.07, 6.45) is 1.99. The SMILES string of the molecule is CC(=O)OCCN(CCC#N)c1ccc(N=Nc2sc(C=Nc3cccc(C)c3C)c(Cl)c2C#N)cc1. The molecule has 0 aliphatic heterocycles. The molecule has 0 radical (unpaired) electrons. The van der Waals surface area contributed by atoms with Crippen LogP contribution in [-0.4, -0.2) is 31.9 Å². The summed E-state index contributed by atoms with van der Waals surface area (Å²) in [6.45, 7) is 6.59. The number of carbonyl (C=O) groups excluding carboxylic acids is 1. The molecule has 8 nitrogen and oxygen atoms in total. The molecular weight excluding hydrogens is 508 g/mol. The fraction of sp³-hybridized carbons (Fsp3) is 0.259. The minimum Gasteiger partial charge on any atom is -0.464 e. The second-order valence-corrected chi connectivity index (χ2v) is 9.41. The summed E-state index contributed by atoms with van der Waals surface area (Å²) in [5.74, 6) is -0.346. The molecule has 3 rings (SSSR count). The molecule has 0 aliphatic carbocycles. The lowest BCUT2D eigenvalue weighted by atomic mass is 10.1. The van der Waals surface area contributed by atoms with Gasteiger partial charge in [-0.15, -0.1) is 21.6 Å². The van der Waals surface area contributed by atoms with E-state index in [0.717, 1.165) is 22.5 Å². The Hall–Kier alpha value is -4.05. The maximum absolute atomic E-state index is 11.1. The van der Waals surface area contributed by atoms with Crippen LogP contribution in [-0.2, 0) is 9.53 Å². The van der Waals surface area contributed by atoms with Gasteiger partial charge in [-0.3, -0.25) is 9.79 Å². The van der Waals surface area contributed by atoms with E-state index in [0.29, 0.717) is 40.1 Å². The van der Waals surface area contributed by atoms with Crippen LogP contribution in [0.25, 0.3) is 0 Å². The number of carbonyl (C=O) groups is 1. The molecule has 0 bridgehead atoms. The summed E-state index contributed by atoms with van der Waals surface area (Å²) < 4.78 is 5.03. The van der Waals surface area contributed by atoms with Crippen LogP contribution < -0.4 is 4.90 Å². The Morgan fingerprint density at radius 1 is 1.14 bits per heavy atom. The normalized spacial score (nSPS) is 11.0. The zero-order valence-electron chi connectivity index (χ0n) is 20.7. The summed E-state index contributed by atoms with van der Waals surface area (Å²) >= 11 is 7.69. The first-order chi connectivity index (χ1) is 17.8. The fourth-order valence-corrected chi connectivity index (χ4v) is 4.55. The van der Waals surface area contributed by atoms with Crippen LogP contribution in [0, 0.1) is 36.5 Å². The average Bonchev–Trinajstić information content (AvgIpc) is 3.20. The van der Waals surface area contributed by atoms with Crippen LogP contribution in [0.4, 0.5) is 22.1 Å². The molecule has 10 heteroatoms. The maximum Gasteiger partial charge on any atom is 0.302 e.